The Bertz CT molecular complexity index is 1520. The minimum absolute atomic E-state index is 0.0833. The van der Waals surface area contributed by atoms with Gasteiger partial charge in [-0.1, -0.05) is 17.7 Å². The molecular weight excluding hydrogens is 463 g/mol. The summed E-state index contributed by atoms with van der Waals surface area (Å²) in [4.78, 5) is 51.5. The van der Waals surface area contributed by atoms with Gasteiger partial charge in [-0.3, -0.25) is 19.2 Å². The van der Waals surface area contributed by atoms with E-state index < -0.39 is 22.7 Å². The van der Waals surface area contributed by atoms with E-state index in [0.29, 0.717) is 16.9 Å². The average Bonchev–Trinajstić information content (AvgIpc) is 2.79. The van der Waals surface area contributed by atoms with Gasteiger partial charge in [-0.25, -0.2) is 4.39 Å². The molecule has 0 fully saturated rings. The fraction of sp³-hybridized carbons (Fsp3) is 0.0833. The van der Waals surface area contributed by atoms with Crippen LogP contribution in [0.15, 0.2) is 70.4 Å². The monoisotopic (exact) mass is 480 g/mol. The molecule has 0 saturated heterocycles. The van der Waals surface area contributed by atoms with Crippen molar-refractivity contribution < 1.29 is 14.0 Å². The number of rotatable bonds is 5. The number of nitrogens with zero attached hydrogens (tertiary/aromatic N) is 1. The third-order valence-corrected chi connectivity index (χ3v) is 5.41. The number of fused-ring (bicyclic) bond motifs is 1. The minimum atomic E-state index is -0.725. The standard InChI is InChI=1S/C24H18ClFN4O4/c1-13(31)27-14-5-7-15(8-6-14)28-24(34)17-12-30(11-16-18(25)3-2-4-19(16)26)20-9-10-21(32)29-22(20)23(17)33/h2-10,12H,11H2,1H3,(H,27,31)(H,28,34)(H,29,32). The lowest BCUT2D eigenvalue weighted by Gasteiger charge is -2.15. The first kappa shape index (κ1) is 22.9. The molecule has 4 rings (SSSR count). The minimum Gasteiger partial charge on any atom is -0.341 e. The number of nitrogens with one attached hydrogen (secondary N) is 3. The third kappa shape index (κ3) is 4.74. The number of halogens is 2. The summed E-state index contributed by atoms with van der Waals surface area (Å²) in [5.41, 5.74) is -0.161. The maximum absolute atomic E-state index is 14.4. The molecule has 3 N–H and O–H groups in total. The Labute approximate surface area is 197 Å². The van der Waals surface area contributed by atoms with Gasteiger partial charge < -0.3 is 20.2 Å². The van der Waals surface area contributed by atoms with E-state index in [0.717, 1.165) is 0 Å². The number of aromatic amines is 1. The highest BCUT2D eigenvalue weighted by Gasteiger charge is 2.18. The number of carbonyl (C=O) groups excluding carboxylic acids is 2. The van der Waals surface area contributed by atoms with E-state index in [2.05, 4.69) is 15.6 Å². The van der Waals surface area contributed by atoms with E-state index in [1.54, 1.807) is 24.3 Å². The Morgan fingerprint density at radius 2 is 1.68 bits per heavy atom. The summed E-state index contributed by atoms with van der Waals surface area (Å²) < 4.78 is 15.9. The van der Waals surface area contributed by atoms with Crippen LogP contribution in [0, 0.1) is 5.82 Å². The van der Waals surface area contributed by atoms with Crippen LogP contribution in [-0.4, -0.2) is 21.4 Å². The van der Waals surface area contributed by atoms with E-state index in [-0.39, 0.29) is 34.1 Å². The lowest BCUT2D eigenvalue weighted by molar-refractivity contribution is -0.114. The van der Waals surface area contributed by atoms with Crippen molar-refractivity contribution in [1.82, 2.24) is 9.55 Å². The highest BCUT2D eigenvalue weighted by atomic mass is 35.5. The summed E-state index contributed by atoms with van der Waals surface area (Å²) in [6, 6.07) is 13.2. The van der Waals surface area contributed by atoms with Gasteiger partial charge in [0.25, 0.3) is 5.91 Å². The van der Waals surface area contributed by atoms with Crippen LogP contribution < -0.4 is 21.6 Å². The highest BCUT2D eigenvalue weighted by Crippen LogP contribution is 2.22. The summed E-state index contributed by atoms with van der Waals surface area (Å²) in [5, 5.41) is 5.41. The molecule has 172 valence electrons. The molecule has 0 radical (unpaired) electrons. The molecule has 34 heavy (non-hydrogen) atoms. The summed E-state index contributed by atoms with van der Waals surface area (Å²) >= 11 is 6.16. The molecule has 0 aliphatic rings. The van der Waals surface area contributed by atoms with Gasteiger partial charge in [0.2, 0.25) is 16.9 Å². The molecule has 0 aliphatic heterocycles. The maximum Gasteiger partial charge on any atom is 0.261 e. The molecule has 4 aromatic rings. The Balaban J connectivity index is 1.76. The predicted molar refractivity (Wildman–Crippen MR) is 128 cm³/mol. The number of aromatic nitrogens is 2. The molecule has 10 heteroatoms. The van der Waals surface area contributed by atoms with E-state index in [4.69, 9.17) is 11.6 Å². The van der Waals surface area contributed by atoms with Gasteiger partial charge in [-0.05, 0) is 42.5 Å². The van der Waals surface area contributed by atoms with E-state index in [9.17, 15) is 23.6 Å². The number of benzene rings is 2. The summed E-state index contributed by atoms with van der Waals surface area (Å²) in [7, 11) is 0. The van der Waals surface area contributed by atoms with Crippen molar-refractivity contribution in [2.24, 2.45) is 0 Å². The molecule has 2 aromatic carbocycles. The smallest absolute Gasteiger partial charge is 0.261 e. The summed E-state index contributed by atoms with van der Waals surface area (Å²) in [6.07, 6.45) is 1.30. The van der Waals surface area contributed by atoms with Crippen LogP contribution in [0.1, 0.15) is 22.8 Å². The normalized spacial score (nSPS) is 10.8. The molecular formula is C24H18ClFN4O4. The molecule has 2 aromatic heterocycles. The molecule has 0 aliphatic carbocycles. The molecule has 2 amide bonds. The zero-order chi connectivity index (χ0) is 24.4. The van der Waals surface area contributed by atoms with Crippen molar-refractivity contribution in [3.63, 3.8) is 0 Å². The highest BCUT2D eigenvalue weighted by molar-refractivity contribution is 6.31. The Hall–Kier alpha value is -4.24. The fourth-order valence-electron chi connectivity index (χ4n) is 3.48. The van der Waals surface area contributed by atoms with E-state index >= 15 is 0 Å². The van der Waals surface area contributed by atoms with Gasteiger partial charge in [-0.15, -0.1) is 0 Å². The van der Waals surface area contributed by atoms with Gasteiger partial charge in [0.15, 0.2) is 0 Å². The first-order chi connectivity index (χ1) is 16.2. The number of carbonyl (C=O) groups is 2. The first-order valence-corrected chi connectivity index (χ1v) is 10.5. The van der Waals surface area contributed by atoms with Crippen LogP contribution in [0.4, 0.5) is 15.8 Å². The molecule has 0 unspecified atom stereocenters. The second kappa shape index (κ2) is 9.32. The maximum atomic E-state index is 14.4. The van der Waals surface area contributed by atoms with Crippen LogP contribution in [-0.2, 0) is 11.3 Å². The van der Waals surface area contributed by atoms with Crippen molar-refractivity contribution in [2.75, 3.05) is 10.6 Å². The topological polar surface area (TPSA) is 113 Å². The second-order valence-corrected chi connectivity index (χ2v) is 7.90. The van der Waals surface area contributed by atoms with Crippen molar-refractivity contribution >= 4 is 45.8 Å². The van der Waals surface area contributed by atoms with Crippen LogP contribution in [0.2, 0.25) is 5.02 Å². The fourth-order valence-corrected chi connectivity index (χ4v) is 3.71. The number of anilines is 2. The molecule has 0 saturated carbocycles. The molecule has 0 bridgehead atoms. The molecule has 8 nitrogen and oxygen atoms in total. The lowest BCUT2D eigenvalue weighted by atomic mass is 10.1. The number of pyridine rings is 2. The number of H-pyrrole nitrogens is 1. The van der Waals surface area contributed by atoms with Crippen LogP contribution >= 0.6 is 11.6 Å². The summed E-state index contributed by atoms with van der Waals surface area (Å²) in [5.74, 6) is -1.51. The largest absolute Gasteiger partial charge is 0.341 e. The zero-order valence-corrected chi connectivity index (χ0v) is 18.6. The SMILES string of the molecule is CC(=O)Nc1ccc(NC(=O)c2cn(Cc3c(F)cccc3Cl)c3ccc(=O)[nH]c3c2=O)cc1. The zero-order valence-electron chi connectivity index (χ0n) is 17.8. The van der Waals surface area contributed by atoms with Gasteiger partial charge >= 0.3 is 0 Å². The Morgan fingerprint density at radius 3 is 2.32 bits per heavy atom. The van der Waals surface area contributed by atoms with E-state index in [1.165, 1.54) is 48.0 Å². The quantitative estimate of drug-likeness (QED) is 0.404. The second-order valence-electron chi connectivity index (χ2n) is 7.50. The van der Waals surface area contributed by atoms with Gasteiger partial charge in [0, 0.05) is 41.1 Å². The Morgan fingerprint density at radius 1 is 1.00 bits per heavy atom. The number of hydrogen-bond acceptors (Lipinski definition) is 4. The van der Waals surface area contributed by atoms with Crippen molar-refractivity contribution in [2.45, 2.75) is 13.5 Å². The van der Waals surface area contributed by atoms with Crippen LogP contribution in [0.5, 0.6) is 0 Å². The van der Waals surface area contributed by atoms with Gasteiger partial charge in [0.05, 0.1) is 12.1 Å². The van der Waals surface area contributed by atoms with Crippen molar-refractivity contribution in [3.8, 4) is 0 Å². The first-order valence-electron chi connectivity index (χ1n) is 10.1. The van der Waals surface area contributed by atoms with Crippen LogP contribution in [0.25, 0.3) is 11.0 Å². The predicted octanol–water partition coefficient (Wildman–Crippen LogP) is 3.74. The third-order valence-electron chi connectivity index (χ3n) is 5.06. The number of hydrogen-bond donors (Lipinski definition) is 3. The number of amides is 2. The van der Waals surface area contributed by atoms with Crippen molar-refractivity contribution in [1.29, 1.82) is 0 Å². The molecule has 0 spiro atoms. The molecule has 2 heterocycles. The summed E-state index contributed by atoms with van der Waals surface area (Å²) in [6.45, 7) is 1.29. The van der Waals surface area contributed by atoms with Gasteiger partial charge in [-0.2, -0.15) is 0 Å². The average molecular weight is 481 g/mol. The van der Waals surface area contributed by atoms with E-state index in [1.807, 2.05) is 0 Å². The lowest BCUT2D eigenvalue weighted by Crippen LogP contribution is -2.26. The van der Waals surface area contributed by atoms with Crippen LogP contribution in [0.3, 0.4) is 0 Å². The molecule has 0 atom stereocenters. The van der Waals surface area contributed by atoms with Crippen molar-refractivity contribution in [3.05, 3.63) is 103 Å². The Kier molecular flexibility index (Phi) is 6.29. The van der Waals surface area contributed by atoms with Gasteiger partial charge in [0.1, 0.15) is 16.9 Å².